The number of morpholine rings is 1. The summed E-state index contributed by atoms with van der Waals surface area (Å²) in [4.78, 5) is 12.0. The van der Waals surface area contributed by atoms with Crippen molar-refractivity contribution < 1.29 is 14.7 Å². The van der Waals surface area contributed by atoms with Crippen LogP contribution in [0.25, 0.3) is 0 Å². The van der Waals surface area contributed by atoms with Crippen molar-refractivity contribution in [3.63, 3.8) is 0 Å². The van der Waals surface area contributed by atoms with Crippen LogP contribution in [0.5, 0.6) is 0 Å². The van der Waals surface area contributed by atoms with Crippen molar-refractivity contribution >= 4 is 11.7 Å². The van der Waals surface area contributed by atoms with E-state index in [9.17, 15) is 4.79 Å². The fourth-order valence-corrected chi connectivity index (χ4v) is 1.76. The highest BCUT2D eigenvalue weighted by atomic mass is 16.5. The van der Waals surface area contributed by atoms with E-state index in [4.69, 9.17) is 15.7 Å². The summed E-state index contributed by atoms with van der Waals surface area (Å²) in [5, 5.41) is 13.3. The molecule has 0 radical (unpaired) electrons. The number of rotatable bonds is 3. The van der Waals surface area contributed by atoms with E-state index in [0.29, 0.717) is 37.4 Å². The van der Waals surface area contributed by atoms with Crippen molar-refractivity contribution in [1.29, 1.82) is 0 Å². The van der Waals surface area contributed by atoms with E-state index in [0.717, 1.165) is 0 Å². The molecular formula is C12H16N4O3. The number of nitrogens with one attached hydrogen (secondary N) is 1. The number of ether oxygens (including phenoxy) is 1. The number of benzene rings is 1. The minimum absolute atomic E-state index is 0.0268. The molecule has 1 aliphatic heterocycles. The molecule has 1 aromatic rings. The van der Waals surface area contributed by atoms with Crippen LogP contribution in [0.4, 0.5) is 0 Å². The van der Waals surface area contributed by atoms with Gasteiger partial charge in [0.2, 0.25) is 0 Å². The Kier molecular flexibility index (Phi) is 4.32. The number of amidine groups is 1. The highest BCUT2D eigenvalue weighted by Crippen LogP contribution is 2.06. The Balaban J connectivity index is 2.06. The van der Waals surface area contributed by atoms with Gasteiger partial charge in [-0.1, -0.05) is 17.3 Å². The maximum Gasteiger partial charge on any atom is 0.265 e. The lowest BCUT2D eigenvalue weighted by Gasteiger charge is -2.26. The third-order valence-electron chi connectivity index (χ3n) is 2.80. The molecule has 0 aromatic heterocycles. The van der Waals surface area contributed by atoms with Crippen molar-refractivity contribution in [1.82, 2.24) is 10.4 Å². The van der Waals surface area contributed by atoms with Crippen LogP contribution in [-0.4, -0.2) is 48.3 Å². The summed E-state index contributed by atoms with van der Waals surface area (Å²) in [6.07, 6.45) is 0. The van der Waals surface area contributed by atoms with E-state index in [-0.39, 0.29) is 11.7 Å². The average molecular weight is 264 g/mol. The van der Waals surface area contributed by atoms with Gasteiger partial charge in [-0.15, -0.1) is 0 Å². The van der Waals surface area contributed by atoms with E-state index in [1.54, 1.807) is 24.3 Å². The van der Waals surface area contributed by atoms with Crippen LogP contribution in [0.15, 0.2) is 29.4 Å². The van der Waals surface area contributed by atoms with Crippen LogP contribution in [0.1, 0.15) is 15.9 Å². The van der Waals surface area contributed by atoms with Crippen LogP contribution in [-0.2, 0) is 4.74 Å². The number of carbonyl (C=O) groups excluding carboxylic acids is 1. The molecule has 0 spiro atoms. The first-order chi connectivity index (χ1) is 9.20. The molecule has 0 bridgehead atoms. The predicted octanol–water partition coefficient (Wildman–Crippen LogP) is -0.242. The Bertz CT molecular complexity index is 484. The SMILES string of the molecule is N/C(=N/O)c1cccc(C(=O)NN2CCOCC2)c1. The van der Waals surface area contributed by atoms with Crippen molar-refractivity contribution in [3.05, 3.63) is 35.4 Å². The third kappa shape index (κ3) is 3.43. The van der Waals surface area contributed by atoms with Crippen molar-refractivity contribution in [3.8, 4) is 0 Å². The van der Waals surface area contributed by atoms with Gasteiger partial charge in [-0.3, -0.25) is 10.2 Å². The molecule has 1 amide bonds. The molecule has 1 fully saturated rings. The number of hydrogen-bond donors (Lipinski definition) is 3. The summed E-state index contributed by atoms with van der Waals surface area (Å²) in [5.74, 6) is -0.254. The molecule has 1 aromatic carbocycles. The summed E-state index contributed by atoms with van der Waals surface area (Å²) >= 11 is 0. The molecular weight excluding hydrogens is 248 g/mol. The Morgan fingerprint density at radius 1 is 1.37 bits per heavy atom. The number of nitrogens with two attached hydrogens (primary N) is 1. The van der Waals surface area contributed by atoms with Gasteiger partial charge in [0.05, 0.1) is 13.2 Å². The molecule has 1 aliphatic rings. The van der Waals surface area contributed by atoms with E-state index in [2.05, 4.69) is 10.6 Å². The van der Waals surface area contributed by atoms with Gasteiger partial charge < -0.3 is 15.7 Å². The average Bonchev–Trinajstić information content (AvgIpc) is 2.47. The van der Waals surface area contributed by atoms with Gasteiger partial charge in [0.25, 0.3) is 5.91 Å². The van der Waals surface area contributed by atoms with Crippen LogP contribution >= 0.6 is 0 Å². The second-order valence-corrected chi connectivity index (χ2v) is 4.11. The van der Waals surface area contributed by atoms with Gasteiger partial charge in [0.1, 0.15) is 0 Å². The summed E-state index contributed by atoms with van der Waals surface area (Å²) in [6, 6.07) is 6.59. The van der Waals surface area contributed by atoms with E-state index >= 15 is 0 Å². The minimum atomic E-state index is -0.227. The van der Waals surface area contributed by atoms with Crippen LogP contribution < -0.4 is 11.2 Å². The predicted molar refractivity (Wildman–Crippen MR) is 68.8 cm³/mol. The molecule has 19 heavy (non-hydrogen) atoms. The fourth-order valence-electron chi connectivity index (χ4n) is 1.76. The van der Waals surface area contributed by atoms with Crippen LogP contribution in [0.2, 0.25) is 0 Å². The first-order valence-corrected chi connectivity index (χ1v) is 5.92. The van der Waals surface area contributed by atoms with E-state index in [1.807, 2.05) is 5.01 Å². The third-order valence-corrected chi connectivity index (χ3v) is 2.80. The summed E-state index contributed by atoms with van der Waals surface area (Å²) in [5.41, 5.74) is 9.23. The Labute approximate surface area is 110 Å². The van der Waals surface area contributed by atoms with Gasteiger partial charge in [0.15, 0.2) is 5.84 Å². The molecule has 7 nitrogen and oxygen atoms in total. The van der Waals surface area contributed by atoms with E-state index in [1.165, 1.54) is 0 Å². The lowest BCUT2D eigenvalue weighted by atomic mass is 10.1. The number of amides is 1. The quantitative estimate of drug-likeness (QED) is 0.303. The molecule has 1 saturated heterocycles. The van der Waals surface area contributed by atoms with Crippen LogP contribution in [0.3, 0.4) is 0 Å². The standard InChI is InChI=1S/C12H16N4O3/c13-11(15-18)9-2-1-3-10(8-9)12(17)14-16-4-6-19-7-5-16/h1-3,8,18H,4-7H2,(H2,13,15)(H,14,17). The Morgan fingerprint density at radius 2 is 2.05 bits per heavy atom. The molecule has 1 heterocycles. The van der Waals surface area contributed by atoms with E-state index < -0.39 is 0 Å². The number of hydrazine groups is 1. The first-order valence-electron chi connectivity index (χ1n) is 5.92. The molecule has 0 atom stereocenters. The largest absolute Gasteiger partial charge is 0.409 e. The van der Waals surface area contributed by atoms with Gasteiger partial charge in [-0.2, -0.15) is 0 Å². The molecule has 0 unspecified atom stereocenters. The Morgan fingerprint density at radius 3 is 2.74 bits per heavy atom. The normalized spacial score (nSPS) is 17.2. The van der Waals surface area contributed by atoms with Crippen LogP contribution in [0, 0.1) is 0 Å². The maximum absolute atomic E-state index is 12.0. The molecule has 102 valence electrons. The van der Waals surface area contributed by atoms with Crippen molar-refractivity contribution in [2.24, 2.45) is 10.9 Å². The lowest BCUT2D eigenvalue weighted by Crippen LogP contribution is -2.48. The fraction of sp³-hybridized carbons (Fsp3) is 0.333. The van der Waals surface area contributed by atoms with Gasteiger partial charge in [-0.05, 0) is 12.1 Å². The zero-order valence-corrected chi connectivity index (χ0v) is 10.4. The zero-order valence-electron chi connectivity index (χ0n) is 10.4. The number of oxime groups is 1. The first kappa shape index (κ1) is 13.3. The summed E-state index contributed by atoms with van der Waals surface area (Å²) in [6.45, 7) is 2.52. The number of nitrogens with zero attached hydrogens (tertiary/aromatic N) is 2. The lowest BCUT2D eigenvalue weighted by molar-refractivity contribution is 0.0126. The smallest absolute Gasteiger partial charge is 0.265 e. The maximum atomic E-state index is 12.0. The molecule has 4 N–H and O–H groups in total. The Hall–Kier alpha value is -2.12. The second kappa shape index (κ2) is 6.17. The van der Waals surface area contributed by atoms with Crippen molar-refractivity contribution in [2.75, 3.05) is 26.3 Å². The number of hydrogen-bond acceptors (Lipinski definition) is 5. The van der Waals surface area contributed by atoms with Crippen molar-refractivity contribution in [2.45, 2.75) is 0 Å². The second-order valence-electron chi connectivity index (χ2n) is 4.11. The minimum Gasteiger partial charge on any atom is -0.409 e. The van der Waals surface area contributed by atoms with Gasteiger partial charge in [0, 0.05) is 24.2 Å². The summed E-state index contributed by atoms with van der Waals surface area (Å²) < 4.78 is 5.20. The molecule has 0 saturated carbocycles. The molecule has 2 rings (SSSR count). The van der Waals surface area contributed by atoms with Gasteiger partial charge in [-0.25, -0.2) is 5.01 Å². The highest BCUT2D eigenvalue weighted by molar-refractivity contribution is 6.01. The highest BCUT2D eigenvalue weighted by Gasteiger charge is 2.14. The molecule has 0 aliphatic carbocycles. The number of carbonyl (C=O) groups is 1. The summed E-state index contributed by atoms with van der Waals surface area (Å²) in [7, 11) is 0. The topological polar surface area (TPSA) is 100 Å². The molecule has 7 heteroatoms. The zero-order chi connectivity index (χ0) is 13.7. The van der Waals surface area contributed by atoms with Gasteiger partial charge >= 0.3 is 0 Å². The monoisotopic (exact) mass is 264 g/mol.